The molecular weight excluding hydrogens is 717 g/mol. The number of aromatic nitrogens is 2. The number of nitrogens with zero attached hydrogens (tertiary/aromatic N) is 2. The van der Waals surface area contributed by atoms with E-state index in [-0.39, 0.29) is 0 Å². The number of rotatable bonds is 7. The molecule has 2 heterocycles. The van der Waals surface area contributed by atoms with Gasteiger partial charge in [0, 0.05) is 27.5 Å². The molecule has 0 fully saturated rings. The lowest BCUT2D eigenvalue weighted by atomic mass is 9.93. The number of hydrogen-bond donors (Lipinski definition) is 0. The monoisotopic (exact) mass is 752 g/mol. The van der Waals surface area contributed by atoms with E-state index < -0.39 is 0 Å². The Bertz CT molecular complexity index is 3300. The lowest BCUT2D eigenvalue weighted by molar-refractivity contribution is 0.669. The van der Waals surface area contributed by atoms with Crippen molar-refractivity contribution in [2.24, 2.45) is 0 Å². The van der Waals surface area contributed by atoms with Crippen molar-refractivity contribution in [3.63, 3.8) is 0 Å². The van der Waals surface area contributed by atoms with Crippen LogP contribution in [0, 0.1) is 0 Å². The van der Waals surface area contributed by atoms with E-state index in [1.54, 1.807) is 0 Å². The van der Waals surface area contributed by atoms with Crippen LogP contribution in [0.15, 0.2) is 223 Å². The van der Waals surface area contributed by atoms with Crippen molar-refractivity contribution in [1.82, 2.24) is 9.97 Å². The van der Waals surface area contributed by atoms with E-state index >= 15 is 0 Å². The average Bonchev–Trinajstić information content (AvgIpc) is 3.70. The number of fused-ring (bicyclic) bond motifs is 4. The Morgan fingerprint density at radius 2 is 0.695 bits per heavy atom. The summed E-state index contributed by atoms with van der Waals surface area (Å²) in [4.78, 5) is 10.5. The maximum Gasteiger partial charge on any atom is 0.160 e. The maximum atomic E-state index is 6.22. The van der Waals surface area contributed by atoms with Gasteiger partial charge in [0.1, 0.15) is 11.2 Å². The maximum absolute atomic E-state index is 6.22. The van der Waals surface area contributed by atoms with Crippen LogP contribution in [0.4, 0.5) is 0 Å². The Kier molecular flexibility index (Phi) is 8.49. The molecule has 0 N–H and O–H groups in total. The molecule has 276 valence electrons. The number of furan rings is 1. The lowest BCUT2D eigenvalue weighted by Crippen LogP contribution is -1.96. The average molecular weight is 753 g/mol. The summed E-state index contributed by atoms with van der Waals surface area (Å²) < 4.78 is 6.22. The summed E-state index contributed by atoms with van der Waals surface area (Å²) in [6.45, 7) is 0. The van der Waals surface area contributed by atoms with Gasteiger partial charge in [-0.2, -0.15) is 0 Å². The molecule has 0 saturated heterocycles. The standard InChI is InChI=1S/C56H36N2O/c1-4-12-37(13-5-1)39-20-22-40(23-21-39)47-32-48(45-28-29-55-51(35-45)50-18-10-11-19-54(50)59-55)34-49(33-47)53-36-52(57-56(58-53)41-16-8-3-9-17-41)46-27-26-43-30-42(24-25-44(43)31-46)38-14-6-2-7-15-38/h1-36H. The van der Waals surface area contributed by atoms with Gasteiger partial charge in [0.25, 0.3) is 0 Å². The van der Waals surface area contributed by atoms with E-state index in [0.29, 0.717) is 5.82 Å². The molecule has 3 nitrogen and oxygen atoms in total. The molecule has 3 heteroatoms. The number of hydrogen-bond acceptors (Lipinski definition) is 3. The fourth-order valence-electron chi connectivity index (χ4n) is 8.17. The van der Waals surface area contributed by atoms with Crippen molar-refractivity contribution in [2.75, 3.05) is 0 Å². The van der Waals surface area contributed by atoms with Crippen molar-refractivity contribution in [2.45, 2.75) is 0 Å². The molecule has 0 aliphatic carbocycles. The predicted octanol–water partition coefficient (Wildman–Crippen LogP) is 15.2. The van der Waals surface area contributed by atoms with E-state index in [0.717, 1.165) is 77.7 Å². The molecule has 11 aromatic rings. The first-order valence-electron chi connectivity index (χ1n) is 20.0. The minimum absolute atomic E-state index is 0.683. The first-order valence-corrected chi connectivity index (χ1v) is 20.0. The Hall–Kier alpha value is -7.88. The first-order chi connectivity index (χ1) is 29.2. The normalized spacial score (nSPS) is 11.4. The van der Waals surface area contributed by atoms with E-state index in [9.17, 15) is 0 Å². The largest absolute Gasteiger partial charge is 0.456 e. The van der Waals surface area contributed by atoms with Gasteiger partial charge in [-0.15, -0.1) is 0 Å². The zero-order chi connectivity index (χ0) is 39.1. The highest BCUT2D eigenvalue weighted by atomic mass is 16.3. The third kappa shape index (κ3) is 6.65. The highest BCUT2D eigenvalue weighted by Gasteiger charge is 2.16. The third-order valence-corrected chi connectivity index (χ3v) is 11.3. The molecule has 0 aliphatic heterocycles. The second-order valence-corrected chi connectivity index (χ2v) is 15.0. The van der Waals surface area contributed by atoms with Crippen molar-refractivity contribution in [1.29, 1.82) is 0 Å². The molecular formula is C56H36N2O. The minimum Gasteiger partial charge on any atom is -0.456 e. The van der Waals surface area contributed by atoms with Crippen LogP contribution in [0.1, 0.15) is 0 Å². The Labute approximate surface area is 342 Å². The minimum atomic E-state index is 0.683. The molecule has 59 heavy (non-hydrogen) atoms. The van der Waals surface area contributed by atoms with Crippen LogP contribution < -0.4 is 0 Å². The van der Waals surface area contributed by atoms with Gasteiger partial charge < -0.3 is 4.42 Å². The topological polar surface area (TPSA) is 38.9 Å². The molecule has 0 radical (unpaired) electrons. The summed E-state index contributed by atoms with van der Waals surface area (Å²) in [6.07, 6.45) is 0. The summed E-state index contributed by atoms with van der Waals surface area (Å²) in [5, 5.41) is 4.55. The second kappa shape index (κ2) is 14.6. The van der Waals surface area contributed by atoms with Crippen LogP contribution in [-0.2, 0) is 0 Å². The SMILES string of the molecule is c1ccc(-c2ccc(-c3cc(-c4ccc5oc6ccccc6c5c4)cc(-c4cc(-c5ccc6cc(-c7ccccc7)ccc6c5)nc(-c5ccccc5)n4)c3)cc2)cc1. The van der Waals surface area contributed by atoms with Gasteiger partial charge in [0.15, 0.2) is 5.82 Å². The summed E-state index contributed by atoms with van der Waals surface area (Å²) in [5.41, 5.74) is 15.7. The lowest BCUT2D eigenvalue weighted by Gasteiger charge is -2.14. The summed E-state index contributed by atoms with van der Waals surface area (Å²) in [5.74, 6) is 0.683. The fourth-order valence-corrected chi connectivity index (χ4v) is 8.17. The molecule has 9 aromatic carbocycles. The molecule has 0 saturated carbocycles. The van der Waals surface area contributed by atoms with E-state index in [1.165, 1.54) is 27.6 Å². The van der Waals surface area contributed by atoms with E-state index in [1.807, 2.05) is 30.3 Å². The Balaban J connectivity index is 1.07. The van der Waals surface area contributed by atoms with Crippen molar-refractivity contribution >= 4 is 32.7 Å². The van der Waals surface area contributed by atoms with Gasteiger partial charge in [0.05, 0.1) is 11.4 Å². The van der Waals surface area contributed by atoms with Crippen LogP contribution in [0.25, 0.3) is 111 Å². The second-order valence-electron chi connectivity index (χ2n) is 15.0. The quantitative estimate of drug-likeness (QED) is 0.163. The van der Waals surface area contributed by atoms with E-state index in [4.69, 9.17) is 14.4 Å². The molecule has 0 atom stereocenters. The molecule has 0 unspecified atom stereocenters. The Morgan fingerprint density at radius 1 is 0.254 bits per heavy atom. The number of benzene rings is 9. The highest BCUT2D eigenvalue weighted by molar-refractivity contribution is 6.06. The van der Waals surface area contributed by atoms with Crippen molar-refractivity contribution in [3.8, 4) is 78.4 Å². The summed E-state index contributed by atoms with van der Waals surface area (Å²) >= 11 is 0. The van der Waals surface area contributed by atoms with Crippen LogP contribution in [-0.4, -0.2) is 9.97 Å². The molecule has 11 rings (SSSR count). The molecule has 2 aromatic heterocycles. The van der Waals surface area contributed by atoms with Crippen LogP contribution in [0.2, 0.25) is 0 Å². The molecule has 0 amide bonds. The van der Waals surface area contributed by atoms with Crippen LogP contribution >= 0.6 is 0 Å². The van der Waals surface area contributed by atoms with Crippen LogP contribution in [0.3, 0.4) is 0 Å². The Morgan fingerprint density at radius 3 is 1.39 bits per heavy atom. The number of para-hydroxylation sites is 1. The van der Waals surface area contributed by atoms with Gasteiger partial charge in [-0.05, 0) is 110 Å². The van der Waals surface area contributed by atoms with Gasteiger partial charge >= 0.3 is 0 Å². The van der Waals surface area contributed by atoms with Crippen LogP contribution in [0.5, 0.6) is 0 Å². The molecule has 0 aliphatic rings. The summed E-state index contributed by atoms with van der Waals surface area (Å²) in [7, 11) is 0. The third-order valence-electron chi connectivity index (χ3n) is 11.3. The summed E-state index contributed by atoms with van der Waals surface area (Å²) in [6, 6.07) is 77.2. The molecule has 0 bridgehead atoms. The van der Waals surface area contributed by atoms with Gasteiger partial charge in [0.2, 0.25) is 0 Å². The first kappa shape index (κ1) is 34.4. The predicted molar refractivity (Wildman–Crippen MR) is 245 cm³/mol. The zero-order valence-electron chi connectivity index (χ0n) is 32.1. The highest BCUT2D eigenvalue weighted by Crippen LogP contribution is 2.38. The van der Waals surface area contributed by atoms with Crippen molar-refractivity contribution < 1.29 is 4.42 Å². The van der Waals surface area contributed by atoms with E-state index in [2.05, 4.69) is 188 Å². The molecule has 0 spiro atoms. The van der Waals surface area contributed by atoms with Crippen molar-refractivity contribution in [3.05, 3.63) is 218 Å². The van der Waals surface area contributed by atoms with Gasteiger partial charge in [-0.25, -0.2) is 9.97 Å². The van der Waals surface area contributed by atoms with Gasteiger partial charge in [-0.3, -0.25) is 0 Å². The zero-order valence-corrected chi connectivity index (χ0v) is 32.1. The fraction of sp³-hybridized carbons (Fsp3) is 0. The van der Waals surface area contributed by atoms with Gasteiger partial charge in [-0.1, -0.05) is 164 Å². The smallest absolute Gasteiger partial charge is 0.160 e.